The van der Waals surface area contributed by atoms with Crippen molar-refractivity contribution in [3.63, 3.8) is 0 Å². The van der Waals surface area contributed by atoms with E-state index in [0.29, 0.717) is 29.5 Å². The highest BCUT2D eigenvalue weighted by Gasteiger charge is 2.31. The fraction of sp³-hybridized carbons (Fsp3) is 0.176. The Hall–Kier alpha value is -3.06. The van der Waals surface area contributed by atoms with Crippen molar-refractivity contribution in [2.24, 2.45) is 0 Å². The second-order valence-corrected chi connectivity index (χ2v) is 5.57. The Morgan fingerprint density at radius 3 is 2.92 bits per heavy atom. The lowest BCUT2D eigenvalue weighted by Gasteiger charge is -2.14. The second-order valence-electron chi connectivity index (χ2n) is 5.57. The lowest BCUT2D eigenvalue weighted by atomic mass is 10.1. The average molecular weight is 325 g/mol. The lowest BCUT2D eigenvalue weighted by Crippen LogP contribution is -2.25. The summed E-state index contributed by atoms with van der Waals surface area (Å²) in [4.78, 5) is 17.8. The Morgan fingerprint density at radius 2 is 2.21 bits per heavy atom. The van der Waals surface area contributed by atoms with Gasteiger partial charge in [-0.3, -0.25) is 4.90 Å². The Bertz CT molecular complexity index is 908. The van der Waals surface area contributed by atoms with Crippen LogP contribution < -0.4 is 10.6 Å². The van der Waals surface area contributed by atoms with E-state index in [1.807, 2.05) is 24.3 Å². The molecule has 3 heterocycles. The van der Waals surface area contributed by atoms with E-state index in [1.165, 1.54) is 4.90 Å². The third-order valence-electron chi connectivity index (χ3n) is 4.01. The Morgan fingerprint density at radius 1 is 1.33 bits per heavy atom. The highest BCUT2D eigenvalue weighted by Crippen LogP contribution is 2.31. The van der Waals surface area contributed by atoms with Crippen molar-refractivity contribution in [3.8, 4) is 11.5 Å². The molecule has 1 aliphatic rings. The minimum Gasteiger partial charge on any atom is -0.463 e. The molecular weight excluding hydrogens is 310 g/mol. The first-order valence-corrected chi connectivity index (χ1v) is 7.49. The van der Waals surface area contributed by atoms with Gasteiger partial charge in [0.2, 0.25) is 0 Å². The van der Waals surface area contributed by atoms with Crippen molar-refractivity contribution in [2.75, 3.05) is 23.8 Å². The fourth-order valence-electron chi connectivity index (χ4n) is 2.81. The number of rotatable bonds is 3. The van der Waals surface area contributed by atoms with E-state index in [2.05, 4.69) is 4.98 Å². The predicted molar refractivity (Wildman–Crippen MR) is 88.6 cm³/mol. The Kier molecular flexibility index (Phi) is 3.35. The second kappa shape index (κ2) is 5.54. The summed E-state index contributed by atoms with van der Waals surface area (Å²) in [7, 11) is 0. The first-order valence-electron chi connectivity index (χ1n) is 7.49. The smallest absolute Gasteiger partial charge is 0.414 e. The summed E-state index contributed by atoms with van der Waals surface area (Å²) in [6.45, 7) is 0.102. The van der Waals surface area contributed by atoms with Gasteiger partial charge in [-0.2, -0.15) is 0 Å². The fourth-order valence-corrected chi connectivity index (χ4v) is 2.81. The predicted octanol–water partition coefficient (Wildman–Crippen LogP) is 2.39. The van der Waals surface area contributed by atoms with Crippen LogP contribution in [0.4, 0.5) is 16.3 Å². The highest BCUT2D eigenvalue weighted by molar-refractivity contribution is 5.98. The van der Waals surface area contributed by atoms with Gasteiger partial charge in [0.1, 0.15) is 17.6 Å². The molecular formula is C17H15N3O4. The monoisotopic (exact) mass is 325 g/mol. The maximum absolute atomic E-state index is 11.9. The molecule has 3 N–H and O–H groups in total. The molecule has 3 aromatic rings. The van der Waals surface area contributed by atoms with Gasteiger partial charge in [-0.25, -0.2) is 9.78 Å². The number of nitrogen functional groups attached to an aromatic ring is 1. The van der Waals surface area contributed by atoms with E-state index in [0.717, 1.165) is 10.8 Å². The van der Waals surface area contributed by atoms with Crippen molar-refractivity contribution in [1.82, 2.24) is 4.98 Å². The van der Waals surface area contributed by atoms with Crippen molar-refractivity contribution in [3.05, 3.63) is 42.7 Å². The Balaban J connectivity index is 1.75. The number of hydrogen-bond acceptors (Lipinski definition) is 6. The number of aromatic nitrogens is 1. The molecule has 0 radical (unpaired) electrons. The number of fused-ring (bicyclic) bond motifs is 1. The molecule has 1 fully saturated rings. The number of benzene rings is 1. The number of pyridine rings is 1. The van der Waals surface area contributed by atoms with Gasteiger partial charge in [0, 0.05) is 11.1 Å². The molecule has 122 valence electrons. The first kappa shape index (κ1) is 14.5. The van der Waals surface area contributed by atoms with E-state index >= 15 is 0 Å². The lowest BCUT2D eigenvalue weighted by molar-refractivity contribution is 0.0963. The van der Waals surface area contributed by atoms with Crippen molar-refractivity contribution >= 4 is 28.4 Å². The van der Waals surface area contributed by atoms with Crippen LogP contribution in [0.15, 0.2) is 47.1 Å². The summed E-state index contributed by atoms with van der Waals surface area (Å²) in [5.74, 6) is 0.994. The van der Waals surface area contributed by atoms with Crippen molar-refractivity contribution in [2.45, 2.75) is 6.10 Å². The number of anilines is 2. The molecule has 1 aromatic carbocycles. The maximum Gasteiger partial charge on any atom is 0.414 e. The van der Waals surface area contributed by atoms with Gasteiger partial charge in [-0.05, 0) is 35.7 Å². The summed E-state index contributed by atoms with van der Waals surface area (Å²) in [5, 5.41) is 10.8. The zero-order valence-electron chi connectivity index (χ0n) is 12.7. The van der Waals surface area contributed by atoms with E-state index in [-0.39, 0.29) is 6.61 Å². The van der Waals surface area contributed by atoms with Crippen LogP contribution in [0.5, 0.6) is 0 Å². The van der Waals surface area contributed by atoms with Crippen LogP contribution >= 0.6 is 0 Å². The minimum atomic E-state index is -0.509. The van der Waals surface area contributed by atoms with Gasteiger partial charge in [0.05, 0.1) is 19.4 Å². The number of carbonyl (C=O) groups is 1. The third kappa shape index (κ3) is 2.35. The molecule has 0 aliphatic carbocycles. The third-order valence-corrected chi connectivity index (χ3v) is 4.01. The summed E-state index contributed by atoms with van der Waals surface area (Å²) in [6.07, 6.45) is 0.592. The van der Waals surface area contributed by atoms with Crippen LogP contribution in [0.2, 0.25) is 0 Å². The van der Waals surface area contributed by atoms with Crippen LogP contribution in [0, 0.1) is 0 Å². The number of ether oxygens (including phenoxy) is 1. The number of amides is 1. The molecule has 1 aliphatic heterocycles. The molecule has 2 aromatic heterocycles. The van der Waals surface area contributed by atoms with Crippen molar-refractivity contribution < 1.29 is 19.1 Å². The van der Waals surface area contributed by atoms with E-state index in [9.17, 15) is 4.79 Å². The molecule has 7 heteroatoms. The first-order chi connectivity index (χ1) is 11.7. The van der Waals surface area contributed by atoms with Crippen LogP contribution in [0.1, 0.15) is 0 Å². The standard InChI is InChI=1S/C17H15N3O4/c18-16-13-7-11(20-8-12(9-21)24-17(20)22)4-3-10(13)6-14(19-16)15-2-1-5-23-15/h1-7,12,21H,8-9H2,(H2,18,19)/t12-/m1/s1. The number of carbonyl (C=O) groups excluding carboxylic acids is 1. The normalized spacial score (nSPS) is 17.5. The number of aliphatic hydroxyl groups excluding tert-OH is 1. The summed E-state index contributed by atoms with van der Waals surface area (Å²) in [6, 6.07) is 11.0. The minimum absolute atomic E-state index is 0.202. The van der Waals surface area contributed by atoms with Gasteiger partial charge in [0.25, 0.3) is 0 Å². The summed E-state index contributed by atoms with van der Waals surface area (Å²) in [5.41, 5.74) is 7.40. The number of aliphatic hydroxyl groups is 1. The zero-order chi connectivity index (χ0) is 16.7. The number of furan rings is 1. The molecule has 0 bridgehead atoms. The molecule has 4 rings (SSSR count). The Labute approximate surface area is 137 Å². The van der Waals surface area contributed by atoms with Crippen LogP contribution in [-0.4, -0.2) is 35.4 Å². The molecule has 0 spiro atoms. The van der Waals surface area contributed by atoms with E-state index < -0.39 is 12.2 Å². The average Bonchev–Trinajstić information content (AvgIpc) is 3.24. The topological polar surface area (TPSA) is 102 Å². The molecule has 7 nitrogen and oxygen atoms in total. The van der Waals surface area contributed by atoms with Crippen molar-refractivity contribution in [1.29, 1.82) is 0 Å². The van der Waals surface area contributed by atoms with Gasteiger partial charge in [-0.1, -0.05) is 6.07 Å². The number of hydrogen-bond donors (Lipinski definition) is 2. The molecule has 1 atom stereocenters. The van der Waals surface area contributed by atoms with Crippen LogP contribution in [0.3, 0.4) is 0 Å². The SMILES string of the molecule is Nc1nc(-c2ccco2)cc2ccc(N3C[C@H](CO)OC3=O)cc12. The molecule has 24 heavy (non-hydrogen) atoms. The zero-order valence-corrected chi connectivity index (χ0v) is 12.7. The maximum atomic E-state index is 11.9. The van der Waals surface area contributed by atoms with Gasteiger partial charge >= 0.3 is 6.09 Å². The molecule has 0 saturated carbocycles. The molecule has 1 saturated heterocycles. The molecule has 1 amide bonds. The highest BCUT2D eigenvalue weighted by atomic mass is 16.6. The van der Waals surface area contributed by atoms with Gasteiger partial charge < -0.3 is 20.0 Å². The van der Waals surface area contributed by atoms with Gasteiger partial charge in [0.15, 0.2) is 5.76 Å². The largest absolute Gasteiger partial charge is 0.463 e. The van der Waals surface area contributed by atoms with Gasteiger partial charge in [-0.15, -0.1) is 0 Å². The van der Waals surface area contributed by atoms with E-state index in [1.54, 1.807) is 18.4 Å². The quantitative estimate of drug-likeness (QED) is 0.766. The van der Waals surface area contributed by atoms with Crippen LogP contribution in [0.25, 0.3) is 22.2 Å². The van der Waals surface area contributed by atoms with Crippen LogP contribution in [-0.2, 0) is 4.74 Å². The summed E-state index contributed by atoms with van der Waals surface area (Å²) < 4.78 is 10.4. The summed E-state index contributed by atoms with van der Waals surface area (Å²) >= 11 is 0. The molecule has 0 unspecified atom stereocenters. The van der Waals surface area contributed by atoms with E-state index in [4.69, 9.17) is 20.0 Å². The number of nitrogens with two attached hydrogens (primary N) is 1. The number of nitrogens with zero attached hydrogens (tertiary/aromatic N) is 2. The number of cyclic esters (lactones) is 1.